The summed E-state index contributed by atoms with van der Waals surface area (Å²) >= 11 is 1.29. The Bertz CT molecular complexity index is 547. The van der Waals surface area contributed by atoms with Crippen LogP contribution in [-0.4, -0.2) is 62.6 Å². The minimum atomic E-state index is -0.706. The number of aromatic nitrogens is 2. The van der Waals surface area contributed by atoms with E-state index in [0.29, 0.717) is 0 Å². The predicted molar refractivity (Wildman–Crippen MR) is 93.7 cm³/mol. The molecule has 0 radical (unpaired) electrons. The van der Waals surface area contributed by atoms with Crippen LogP contribution in [0.2, 0.25) is 0 Å². The number of piperidine rings is 2. The van der Waals surface area contributed by atoms with Gasteiger partial charge in [-0.15, -0.1) is 0 Å². The van der Waals surface area contributed by atoms with E-state index in [1.165, 1.54) is 24.6 Å². The second-order valence-corrected chi connectivity index (χ2v) is 7.66. The third kappa shape index (κ3) is 3.94. The van der Waals surface area contributed by atoms with Crippen LogP contribution >= 0.6 is 11.8 Å². The monoisotopic (exact) mass is 350 g/mol. The molecular weight excluding hydrogens is 324 g/mol. The first kappa shape index (κ1) is 17.3. The molecule has 0 saturated carbocycles. The van der Waals surface area contributed by atoms with Gasteiger partial charge >= 0.3 is 0 Å². The zero-order valence-corrected chi connectivity index (χ0v) is 15.1. The number of rotatable bonds is 4. The predicted octanol–water partition coefficient (Wildman–Crippen LogP) is 1.91. The first-order chi connectivity index (χ1) is 11.7. The van der Waals surface area contributed by atoms with E-state index in [1.54, 1.807) is 6.20 Å². The summed E-state index contributed by atoms with van der Waals surface area (Å²) in [6.45, 7) is 3.07. The first-order valence-electron chi connectivity index (χ1n) is 8.88. The molecule has 1 aromatic rings. The van der Waals surface area contributed by atoms with Crippen LogP contribution in [-0.2, 0) is 16.6 Å². The molecule has 0 N–H and O–H groups in total. The molecule has 1 aromatic heterocycles. The van der Waals surface area contributed by atoms with E-state index in [0.717, 1.165) is 57.0 Å². The van der Waals surface area contributed by atoms with Gasteiger partial charge < -0.3 is 14.4 Å². The SMILES string of the molecule is Cn1ccnc1SC(C(=O)N1CCCCC1)C(=O)N1CCCCC1. The Kier molecular flexibility index (Phi) is 5.81. The smallest absolute Gasteiger partial charge is 0.245 e. The van der Waals surface area contributed by atoms with E-state index in [-0.39, 0.29) is 11.8 Å². The van der Waals surface area contributed by atoms with E-state index in [1.807, 2.05) is 27.6 Å². The third-order valence-electron chi connectivity index (χ3n) is 4.78. The summed E-state index contributed by atoms with van der Waals surface area (Å²) in [5.74, 6) is -0.0865. The van der Waals surface area contributed by atoms with Crippen LogP contribution in [0.25, 0.3) is 0 Å². The van der Waals surface area contributed by atoms with Crippen LogP contribution < -0.4 is 0 Å². The van der Waals surface area contributed by atoms with E-state index in [4.69, 9.17) is 0 Å². The molecule has 0 aromatic carbocycles. The van der Waals surface area contributed by atoms with Gasteiger partial charge in [0.2, 0.25) is 11.8 Å². The molecule has 2 fully saturated rings. The highest BCUT2D eigenvalue weighted by Gasteiger charge is 2.36. The Hall–Kier alpha value is -1.50. The summed E-state index contributed by atoms with van der Waals surface area (Å²) in [4.78, 5) is 34.1. The quantitative estimate of drug-likeness (QED) is 0.615. The molecule has 2 saturated heterocycles. The number of nitrogens with zero attached hydrogens (tertiary/aromatic N) is 4. The lowest BCUT2D eigenvalue weighted by molar-refractivity contribution is -0.140. The minimum Gasteiger partial charge on any atom is -0.341 e. The van der Waals surface area contributed by atoms with Gasteiger partial charge in [-0.1, -0.05) is 11.8 Å². The molecule has 3 heterocycles. The van der Waals surface area contributed by atoms with Gasteiger partial charge in [-0.05, 0) is 38.5 Å². The molecule has 0 spiro atoms. The average molecular weight is 350 g/mol. The topological polar surface area (TPSA) is 58.4 Å². The molecule has 3 rings (SSSR count). The van der Waals surface area contributed by atoms with Crippen molar-refractivity contribution in [1.29, 1.82) is 0 Å². The van der Waals surface area contributed by atoms with Crippen molar-refractivity contribution in [2.24, 2.45) is 7.05 Å². The second kappa shape index (κ2) is 8.05. The number of hydrogen-bond donors (Lipinski definition) is 0. The fraction of sp³-hybridized carbons (Fsp3) is 0.706. The van der Waals surface area contributed by atoms with Gasteiger partial charge in [0.25, 0.3) is 0 Å². The maximum absolute atomic E-state index is 13.0. The number of carbonyl (C=O) groups excluding carboxylic acids is 2. The van der Waals surface area contributed by atoms with Crippen molar-refractivity contribution in [3.63, 3.8) is 0 Å². The molecule has 2 amide bonds. The van der Waals surface area contributed by atoms with Crippen molar-refractivity contribution < 1.29 is 9.59 Å². The van der Waals surface area contributed by atoms with Crippen molar-refractivity contribution in [3.05, 3.63) is 12.4 Å². The average Bonchev–Trinajstić information content (AvgIpc) is 3.05. The van der Waals surface area contributed by atoms with Crippen LogP contribution in [0, 0.1) is 0 Å². The van der Waals surface area contributed by atoms with E-state index >= 15 is 0 Å². The number of carbonyl (C=O) groups is 2. The Morgan fingerprint density at radius 2 is 1.46 bits per heavy atom. The highest BCUT2D eigenvalue weighted by Crippen LogP contribution is 2.27. The molecule has 7 heteroatoms. The summed E-state index contributed by atoms with van der Waals surface area (Å²) in [6.07, 6.45) is 10.0. The van der Waals surface area contributed by atoms with Gasteiger partial charge in [0.15, 0.2) is 10.4 Å². The fourth-order valence-corrected chi connectivity index (χ4v) is 4.40. The largest absolute Gasteiger partial charge is 0.341 e. The van der Waals surface area contributed by atoms with Gasteiger partial charge in [0.1, 0.15) is 0 Å². The minimum absolute atomic E-state index is 0.0433. The molecule has 24 heavy (non-hydrogen) atoms. The van der Waals surface area contributed by atoms with E-state index in [2.05, 4.69) is 4.98 Å². The van der Waals surface area contributed by atoms with Crippen LogP contribution in [0.4, 0.5) is 0 Å². The molecule has 0 unspecified atom stereocenters. The Balaban J connectivity index is 1.77. The fourth-order valence-electron chi connectivity index (χ4n) is 3.34. The summed E-state index contributed by atoms with van der Waals surface area (Å²) in [5.41, 5.74) is 0. The molecular formula is C17H26N4O2S. The molecule has 0 aliphatic carbocycles. The number of amides is 2. The maximum Gasteiger partial charge on any atom is 0.245 e. The summed E-state index contributed by atoms with van der Waals surface area (Å²) in [5, 5.41) is 0.0121. The molecule has 2 aliphatic heterocycles. The summed E-state index contributed by atoms with van der Waals surface area (Å²) in [6, 6.07) is 0. The Labute approximate surface area is 147 Å². The maximum atomic E-state index is 13.0. The summed E-state index contributed by atoms with van der Waals surface area (Å²) in [7, 11) is 1.89. The third-order valence-corrected chi connectivity index (χ3v) is 6.03. The highest BCUT2D eigenvalue weighted by molar-refractivity contribution is 8.01. The Morgan fingerprint density at radius 3 is 1.88 bits per heavy atom. The van der Waals surface area contributed by atoms with Crippen LogP contribution in [0.15, 0.2) is 17.6 Å². The number of aryl methyl sites for hydroxylation is 1. The number of thioether (sulfide) groups is 1. The van der Waals surface area contributed by atoms with Gasteiger partial charge in [-0.3, -0.25) is 9.59 Å². The number of hydrogen-bond acceptors (Lipinski definition) is 4. The second-order valence-electron chi connectivity index (χ2n) is 6.59. The zero-order chi connectivity index (χ0) is 16.9. The van der Waals surface area contributed by atoms with E-state index in [9.17, 15) is 9.59 Å². The molecule has 132 valence electrons. The van der Waals surface area contributed by atoms with Crippen molar-refractivity contribution >= 4 is 23.6 Å². The van der Waals surface area contributed by atoms with Crippen LogP contribution in [0.1, 0.15) is 38.5 Å². The van der Waals surface area contributed by atoms with Gasteiger partial charge in [0, 0.05) is 45.6 Å². The molecule has 2 aliphatic rings. The Morgan fingerprint density at radius 1 is 0.958 bits per heavy atom. The number of imidazole rings is 1. The standard InChI is InChI=1S/C17H26N4O2S/c1-19-13-8-18-17(19)24-14(15(22)20-9-4-2-5-10-20)16(23)21-11-6-3-7-12-21/h8,13-14H,2-7,9-12H2,1H3. The number of likely N-dealkylation sites (tertiary alicyclic amines) is 2. The molecule has 0 bridgehead atoms. The lowest BCUT2D eigenvalue weighted by Crippen LogP contribution is -2.50. The summed E-state index contributed by atoms with van der Waals surface area (Å²) < 4.78 is 1.87. The van der Waals surface area contributed by atoms with Crippen molar-refractivity contribution in [1.82, 2.24) is 19.4 Å². The van der Waals surface area contributed by atoms with Gasteiger partial charge in [0.05, 0.1) is 0 Å². The van der Waals surface area contributed by atoms with Gasteiger partial charge in [-0.2, -0.15) is 0 Å². The molecule has 6 nitrogen and oxygen atoms in total. The van der Waals surface area contributed by atoms with Crippen molar-refractivity contribution in [2.45, 2.75) is 48.9 Å². The zero-order valence-electron chi connectivity index (χ0n) is 14.3. The lowest BCUT2D eigenvalue weighted by Gasteiger charge is -2.33. The normalized spacial score (nSPS) is 18.9. The van der Waals surface area contributed by atoms with Gasteiger partial charge in [-0.25, -0.2) is 4.98 Å². The lowest BCUT2D eigenvalue weighted by atomic mass is 10.1. The van der Waals surface area contributed by atoms with Crippen LogP contribution in [0.5, 0.6) is 0 Å². The first-order valence-corrected chi connectivity index (χ1v) is 9.76. The van der Waals surface area contributed by atoms with Crippen molar-refractivity contribution in [3.8, 4) is 0 Å². The molecule has 0 atom stereocenters. The highest BCUT2D eigenvalue weighted by atomic mass is 32.2. The van der Waals surface area contributed by atoms with E-state index < -0.39 is 5.25 Å². The van der Waals surface area contributed by atoms with Crippen molar-refractivity contribution in [2.75, 3.05) is 26.2 Å². The van der Waals surface area contributed by atoms with Crippen LogP contribution in [0.3, 0.4) is 0 Å².